The molecule has 1 saturated heterocycles. The molecular weight excluding hydrogens is 611 g/mol. The summed E-state index contributed by atoms with van der Waals surface area (Å²) in [5.41, 5.74) is 7.15. The number of ether oxygens (including phenoxy) is 2. The molecule has 4 nitrogen and oxygen atoms in total. The van der Waals surface area contributed by atoms with Crippen molar-refractivity contribution in [3.63, 3.8) is 0 Å². The molecule has 1 aliphatic rings. The molecule has 2 aromatic carbocycles. The molecule has 1 aliphatic heterocycles. The summed E-state index contributed by atoms with van der Waals surface area (Å²) in [5.74, 6) is 2.04. The number of hydrogen-bond donors (Lipinski definition) is 0. The molecule has 6 heteroatoms. The van der Waals surface area contributed by atoms with E-state index < -0.39 is 0 Å². The Kier molecular flexibility index (Phi) is 11.7. The third kappa shape index (κ3) is 9.07. The number of rotatable bonds is 5. The van der Waals surface area contributed by atoms with Crippen LogP contribution >= 0.6 is 15.9 Å². The van der Waals surface area contributed by atoms with Gasteiger partial charge in [0.15, 0.2) is 0 Å². The summed E-state index contributed by atoms with van der Waals surface area (Å²) >= 11 is 3.56. The molecule has 0 amide bonds. The number of methoxy groups -OCH3 is 2. The third-order valence-electron chi connectivity index (χ3n) is 8.80. The van der Waals surface area contributed by atoms with Crippen LogP contribution in [0, 0.1) is 0 Å². The molecule has 44 heavy (non-hydrogen) atoms. The van der Waals surface area contributed by atoms with Crippen molar-refractivity contribution in [3.05, 3.63) is 57.6 Å². The van der Waals surface area contributed by atoms with Gasteiger partial charge in [0.25, 0.3) is 0 Å². The van der Waals surface area contributed by atoms with Crippen molar-refractivity contribution < 1.29 is 18.8 Å². The fraction of sp³-hybridized carbons (Fsp3) is 0.684. The molecule has 0 aliphatic carbocycles. The first-order chi connectivity index (χ1) is 19.7. The standard InChI is InChI=1S/C22H37BO3.C16H25BrO/c1-19(2,3)16-12-15(13-17(18(16)24-11)20(4,5)6)14-23-25-21(7,8)22(9,10)26-23;1-15(2,3)12-8-11(10-17)9-13(14(12)18-7)16(4,5)6/h12-13H,14H2,1-11H3;8-9H,10H2,1-7H3. The van der Waals surface area contributed by atoms with Crippen molar-refractivity contribution in [2.75, 3.05) is 14.2 Å². The second-order valence-electron chi connectivity index (χ2n) is 17.5. The number of benzene rings is 2. The highest BCUT2D eigenvalue weighted by molar-refractivity contribution is 9.08. The van der Waals surface area contributed by atoms with Gasteiger partial charge < -0.3 is 18.8 Å². The summed E-state index contributed by atoms with van der Waals surface area (Å²) in [6, 6.07) is 9.03. The van der Waals surface area contributed by atoms with Gasteiger partial charge >= 0.3 is 7.12 Å². The topological polar surface area (TPSA) is 36.9 Å². The lowest BCUT2D eigenvalue weighted by atomic mass is 9.74. The molecular formula is C38H62BBrO4. The maximum atomic E-state index is 6.22. The fourth-order valence-corrected chi connectivity index (χ4v) is 5.81. The van der Waals surface area contributed by atoms with Crippen molar-refractivity contribution in [2.24, 2.45) is 0 Å². The minimum atomic E-state index is -0.302. The Labute approximate surface area is 279 Å². The van der Waals surface area contributed by atoms with E-state index in [0.29, 0.717) is 0 Å². The zero-order chi connectivity index (χ0) is 34.3. The normalized spacial score (nSPS) is 16.8. The largest absolute Gasteiger partial charge is 0.496 e. The number of halogens is 1. The molecule has 3 rings (SSSR count). The van der Waals surface area contributed by atoms with Gasteiger partial charge in [-0.3, -0.25) is 0 Å². The monoisotopic (exact) mass is 672 g/mol. The molecule has 1 fully saturated rings. The van der Waals surface area contributed by atoms with E-state index in [-0.39, 0.29) is 40.0 Å². The Morgan fingerprint density at radius 3 is 1.07 bits per heavy atom. The van der Waals surface area contributed by atoms with E-state index in [1.807, 2.05) is 0 Å². The van der Waals surface area contributed by atoms with E-state index in [1.165, 1.54) is 33.4 Å². The lowest BCUT2D eigenvalue weighted by molar-refractivity contribution is 0.00578. The molecule has 1 heterocycles. The van der Waals surface area contributed by atoms with Crippen LogP contribution in [0.1, 0.15) is 144 Å². The lowest BCUT2D eigenvalue weighted by Gasteiger charge is -2.32. The van der Waals surface area contributed by atoms with Gasteiger partial charge in [-0.1, -0.05) is 123 Å². The molecule has 248 valence electrons. The highest BCUT2D eigenvalue weighted by Gasteiger charge is 2.51. The molecule has 0 unspecified atom stereocenters. The SMILES string of the molecule is COc1c(C(C)(C)C)cc(CB2OC(C)(C)C(C)(C)O2)cc1C(C)(C)C.COc1c(C(C)(C)C)cc(CBr)cc1C(C)(C)C. The summed E-state index contributed by atoms with van der Waals surface area (Å²) in [6.45, 7) is 35.2. The maximum absolute atomic E-state index is 6.22. The molecule has 0 saturated carbocycles. The van der Waals surface area contributed by atoms with Gasteiger partial charge in [-0.15, -0.1) is 0 Å². The van der Waals surface area contributed by atoms with E-state index in [9.17, 15) is 0 Å². The maximum Gasteiger partial charge on any atom is 0.462 e. The van der Waals surface area contributed by atoms with Crippen LogP contribution in [-0.2, 0) is 42.6 Å². The Bertz CT molecular complexity index is 1200. The van der Waals surface area contributed by atoms with Gasteiger partial charge in [0.1, 0.15) is 11.5 Å². The summed E-state index contributed by atoms with van der Waals surface area (Å²) in [7, 11) is 3.32. The van der Waals surface area contributed by atoms with Gasteiger partial charge in [0.2, 0.25) is 0 Å². The first-order valence-corrected chi connectivity index (χ1v) is 17.2. The Morgan fingerprint density at radius 1 is 0.568 bits per heavy atom. The van der Waals surface area contributed by atoms with E-state index in [1.54, 1.807) is 14.2 Å². The van der Waals surface area contributed by atoms with Gasteiger partial charge in [0.05, 0.1) is 25.4 Å². The molecule has 0 bridgehead atoms. The average Bonchev–Trinajstić information content (AvgIpc) is 3.05. The third-order valence-corrected chi connectivity index (χ3v) is 9.44. The Balaban J connectivity index is 0.000000329. The predicted molar refractivity (Wildman–Crippen MR) is 193 cm³/mol. The molecule has 0 aromatic heterocycles. The van der Waals surface area contributed by atoms with Crippen LogP contribution < -0.4 is 9.47 Å². The first-order valence-electron chi connectivity index (χ1n) is 16.0. The molecule has 0 N–H and O–H groups in total. The Hall–Kier alpha value is -1.50. The zero-order valence-corrected chi connectivity index (χ0v) is 32.9. The molecule has 2 aromatic rings. The Morgan fingerprint density at radius 2 is 0.841 bits per heavy atom. The van der Waals surface area contributed by atoms with Crippen LogP contribution in [0.4, 0.5) is 0 Å². The fourth-order valence-electron chi connectivity index (χ4n) is 5.48. The summed E-state index contributed by atoms with van der Waals surface area (Å²) < 4.78 is 24.0. The van der Waals surface area contributed by atoms with Crippen molar-refractivity contribution in [1.29, 1.82) is 0 Å². The van der Waals surface area contributed by atoms with Crippen molar-refractivity contribution in [3.8, 4) is 11.5 Å². The van der Waals surface area contributed by atoms with Crippen LogP contribution in [0.5, 0.6) is 11.5 Å². The molecule has 0 atom stereocenters. The van der Waals surface area contributed by atoms with Gasteiger partial charge in [-0.25, -0.2) is 0 Å². The highest BCUT2D eigenvalue weighted by Crippen LogP contribution is 2.43. The quantitative estimate of drug-likeness (QED) is 0.234. The minimum Gasteiger partial charge on any atom is -0.496 e. The minimum absolute atomic E-state index is 0.00269. The van der Waals surface area contributed by atoms with Crippen LogP contribution in [0.15, 0.2) is 24.3 Å². The molecule has 0 radical (unpaired) electrons. The molecule has 0 spiro atoms. The van der Waals surface area contributed by atoms with Crippen LogP contribution in [0.2, 0.25) is 0 Å². The summed E-state index contributed by atoms with van der Waals surface area (Å²) in [5, 5.41) is 0.878. The van der Waals surface area contributed by atoms with Crippen molar-refractivity contribution in [2.45, 2.75) is 155 Å². The summed E-state index contributed by atoms with van der Waals surface area (Å²) in [4.78, 5) is 0. The van der Waals surface area contributed by atoms with Gasteiger partial charge in [-0.05, 0) is 60.5 Å². The number of alkyl halides is 1. The summed E-state index contributed by atoms with van der Waals surface area (Å²) in [6.07, 6.45) is 0.739. The van der Waals surface area contributed by atoms with Crippen LogP contribution in [0.3, 0.4) is 0 Å². The highest BCUT2D eigenvalue weighted by atomic mass is 79.9. The van der Waals surface area contributed by atoms with Crippen molar-refractivity contribution >= 4 is 23.0 Å². The van der Waals surface area contributed by atoms with E-state index in [0.717, 1.165) is 23.1 Å². The van der Waals surface area contributed by atoms with Crippen LogP contribution in [-0.4, -0.2) is 32.5 Å². The van der Waals surface area contributed by atoms with Gasteiger partial charge in [0, 0.05) is 33.9 Å². The average molecular weight is 674 g/mol. The van der Waals surface area contributed by atoms with Crippen molar-refractivity contribution in [1.82, 2.24) is 0 Å². The number of hydrogen-bond acceptors (Lipinski definition) is 4. The predicted octanol–water partition coefficient (Wildman–Crippen LogP) is 10.6. The van der Waals surface area contributed by atoms with Gasteiger partial charge in [-0.2, -0.15) is 0 Å². The van der Waals surface area contributed by atoms with Crippen LogP contribution in [0.25, 0.3) is 0 Å². The second-order valence-corrected chi connectivity index (χ2v) is 18.0. The second kappa shape index (κ2) is 13.3. The van der Waals surface area contributed by atoms with E-state index in [2.05, 4.69) is 151 Å². The first kappa shape index (κ1) is 38.7. The smallest absolute Gasteiger partial charge is 0.462 e. The van der Waals surface area contributed by atoms with E-state index >= 15 is 0 Å². The van der Waals surface area contributed by atoms with E-state index in [4.69, 9.17) is 18.8 Å². The lowest BCUT2D eigenvalue weighted by Crippen LogP contribution is -2.41. The zero-order valence-electron chi connectivity index (χ0n) is 31.3.